The van der Waals surface area contributed by atoms with Gasteiger partial charge in [-0.1, -0.05) is 30.3 Å². The highest BCUT2D eigenvalue weighted by Gasteiger charge is 2.50. The lowest BCUT2D eigenvalue weighted by Gasteiger charge is -2.38. The van der Waals surface area contributed by atoms with Crippen LogP contribution in [0.5, 0.6) is 5.75 Å². The van der Waals surface area contributed by atoms with Crippen molar-refractivity contribution in [2.45, 2.75) is 78.6 Å². The fourth-order valence-corrected chi connectivity index (χ4v) is 7.39. The Balaban J connectivity index is 1.21. The van der Waals surface area contributed by atoms with Gasteiger partial charge >= 0.3 is 5.97 Å². The van der Waals surface area contributed by atoms with E-state index >= 15 is 0 Å². The van der Waals surface area contributed by atoms with E-state index in [4.69, 9.17) is 19.2 Å². The van der Waals surface area contributed by atoms with Gasteiger partial charge in [0, 0.05) is 51.1 Å². The average Bonchev–Trinajstić information content (AvgIpc) is 3.40. The Kier molecular flexibility index (Phi) is 9.45. The summed E-state index contributed by atoms with van der Waals surface area (Å²) in [6.45, 7) is 13.9. The first-order chi connectivity index (χ1) is 21.8. The Labute approximate surface area is 267 Å². The highest BCUT2D eigenvalue weighted by molar-refractivity contribution is 5.77. The van der Waals surface area contributed by atoms with E-state index in [0.29, 0.717) is 38.8 Å². The van der Waals surface area contributed by atoms with E-state index in [1.807, 2.05) is 38.1 Å². The van der Waals surface area contributed by atoms with E-state index in [1.165, 1.54) is 22.3 Å². The number of hydrogen-bond donors (Lipinski definition) is 1. The van der Waals surface area contributed by atoms with Gasteiger partial charge in [0.25, 0.3) is 0 Å². The molecule has 3 aromatic rings. The molecule has 0 saturated carbocycles. The molecule has 0 radical (unpaired) electrons. The molecule has 6 rings (SSSR count). The molecule has 3 aliphatic rings. The third-order valence-corrected chi connectivity index (χ3v) is 10.2. The molecule has 0 spiro atoms. The van der Waals surface area contributed by atoms with Gasteiger partial charge in [-0.05, 0) is 99.4 Å². The van der Waals surface area contributed by atoms with E-state index < -0.39 is 11.4 Å². The molecule has 0 unspecified atom stereocenters. The molecule has 1 aromatic heterocycles. The van der Waals surface area contributed by atoms with Crippen LogP contribution in [-0.2, 0) is 33.8 Å². The zero-order chi connectivity index (χ0) is 31.6. The quantitative estimate of drug-likeness (QED) is 0.290. The van der Waals surface area contributed by atoms with Gasteiger partial charge < -0.3 is 24.2 Å². The Hall–Kier alpha value is -3.46. The lowest BCUT2D eigenvalue weighted by molar-refractivity contribution is -0.149. The molecule has 2 saturated heterocycles. The summed E-state index contributed by atoms with van der Waals surface area (Å²) in [5.74, 6) is 0.787. The van der Waals surface area contributed by atoms with Crippen molar-refractivity contribution in [1.29, 1.82) is 0 Å². The fourth-order valence-electron chi connectivity index (χ4n) is 7.39. The number of aryl methyl sites for hydroxylation is 2. The van der Waals surface area contributed by atoms with Crippen molar-refractivity contribution in [3.8, 4) is 17.0 Å². The van der Waals surface area contributed by atoms with Gasteiger partial charge in [0.2, 0.25) is 0 Å². The molecule has 2 fully saturated rings. The SMILES string of the molecule is CCOC[C@H]1N(c2cccc(-c3cccc(C)c3OCc3cc(C)c4c(c3)CCN(C3CCOCC3)C4)n2)CC[C@@]1(C)C(=O)O. The van der Waals surface area contributed by atoms with Gasteiger partial charge in [0.15, 0.2) is 0 Å². The minimum Gasteiger partial charge on any atom is -0.488 e. The molecule has 45 heavy (non-hydrogen) atoms. The second-order valence-electron chi connectivity index (χ2n) is 13.1. The maximum Gasteiger partial charge on any atom is 0.311 e. The third kappa shape index (κ3) is 6.46. The molecule has 1 N–H and O–H groups in total. The molecule has 4 heterocycles. The smallest absolute Gasteiger partial charge is 0.311 e. The van der Waals surface area contributed by atoms with E-state index in [1.54, 1.807) is 0 Å². The van der Waals surface area contributed by atoms with Crippen LogP contribution in [0, 0.1) is 19.3 Å². The monoisotopic (exact) mass is 613 g/mol. The van der Waals surface area contributed by atoms with Crippen molar-refractivity contribution in [3.63, 3.8) is 0 Å². The maximum absolute atomic E-state index is 12.3. The van der Waals surface area contributed by atoms with E-state index in [2.05, 4.69) is 47.9 Å². The predicted octanol–water partition coefficient (Wildman–Crippen LogP) is 6.19. The van der Waals surface area contributed by atoms with Gasteiger partial charge in [0.05, 0.1) is 23.8 Å². The minimum absolute atomic E-state index is 0.304. The molecular formula is C37H47N3O5. The molecule has 8 nitrogen and oxygen atoms in total. The van der Waals surface area contributed by atoms with Gasteiger partial charge in [-0.15, -0.1) is 0 Å². The van der Waals surface area contributed by atoms with Crippen LogP contribution in [0.4, 0.5) is 5.82 Å². The van der Waals surface area contributed by atoms with Crippen molar-refractivity contribution >= 4 is 11.8 Å². The number of anilines is 1. The Bertz CT molecular complexity index is 1520. The lowest BCUT2D eigenvalue weighted by atomic mass is 9.83. The number of carbonyl (C=O) groups is 1. The third-order valence-electron chi connectivity index (χ3n) is 10.2. The van der Waals surface area contributed by atoms with Crippen molar-refractivity contribution in [3.05, 3.63) is 76.3 Å². The number of carboxylic acid groups (broad SMARTS) is 1. The Morgan fingerprint density at radius 1 is 1.09 bits per heavy atom. The van der Waals surface area contributed by atoms with Gasteiger partial charge in [-0.25, -0.2) is 4.98 Å². The molecule has 0 amide bonds. The van der Waals surface area contributed by atoms with Crippen LogP contribution in [-0.4, -0.2) is 72.6 Å². The number of carboxylic acids is 1. The van der Waals surface area contributed by atoms with Crippen LogP contribution in [0.15, 0.2) is 48.5 Å². The van der Waals surface area contributed by atoms with E-state index in [0.717, 1.165) is 74.0 Å². The Morgan fingerprint density at radius 2 is 1.89 bits per heavy atom. The summed E-state index contributed by atoms with van der Waals surface area (Å²) in [5.41, 5.74) is 7.32. The molecule has 8 heteroatoms. The van der Waals surface area contributed by atoms with Crippen LogP contribution < -0.4 is 9.64 Å². The van der Waals surface area contributed by atoms with Crippen molar-refractivity contribution in [2.24, 2.45) is 5.41 Å². The summed E-state index contributed by atoms with van der Waals surface area (Å²) in [5, 5.41) is 10.1. The number of pyridine rings is 1. The topological polar surface area (TPSA) is 84.4 Å². The number of aromatic nitrogens is 1. The number of benzene rings is 2. The number of nitrogens with zero attached hydrogens (tertiary/aromatic N) is 3. The number of aliphatic carboxylic acids is 1. The number of fused-ring (bicyclic) bond motifs is 1. The number of para-hydroxylation sites is 1. The summed E-state index contributed by atoms with van der Waals surface area (Å²) in [6, 6.07) is 17.1. The zero-order valence-corrected chi connectivity index (χ0v) is 27.2. The van der Waals surface area contributed by atoms with Crippen molar-refractivity contribution in [1.82, 2.24) is 9.88 Å². The normalized spacial score (nSPS) is 22.4. The highest BCUT2D eigenvalue weighted by Crippen LogP contribution is 2.41. The fraction of sp³-hybridized carbons (Fsp3) is 0.514. The van der Waals surface area contributed by atoms with Gasteiger partial charge in [0.1, 0.15) is 18.2 Å². The summed E-state index contributed by atoms with van der Waals surface area (Å²) in [4.78, 5) is 22.1. The predicted molar refractivity (Wildman–Crippen MR) is 176 cm³/mol. The first kappa shape index (κ1) is 31.5. The highest BCUT2D eigenvalue weighted by atomic mass is 16.5. The molecule has 2 aromatic carbocycles. The molecule has 2 atom stereocenters. The van der Waals surface area contributed by atoms with Crippen molar-refractivity contribution in [2.75, 3.05) is 44.4 Å². The summed E-state index contributed by atoms with van der Waals surface area (Å²) < 4.78 is 18.0. The molecule has 0 bridgehead atoms. The largest absolute Gasteiger partial charge is 0.488 e. The summed E-state index contributed by atoms with van der Waals surface area (Å²) in [6.07, 6.45) is 3.86. The lowest BCUT2D eigenvalue weighted by Crippen LogP contribution is -2.46. The molecule has 0 aliphatic carbocycles. The number of hydrogen-bond acceptors (Lipinski definition) is 7. The first-order valence-corrected chi connectivity index (χ1v) is 16.5. The summed E-state index contributed by atoms with van der Waals surface area (Å²) in [7, 11) is 0. The van der Waals surface area contributed by atoms with E-state index in [-0.39, 0.29) is 6.04 Å². The number of ether oxygens (including phenoxy) is 3. The molecule has 240 valence electrons. The second-order valence-corrected chi connectivity index (χ2v) is 13.1. The van der Waals surface area contributed by atoms with Gasteiger partial charge in [-0.2, -0.15) is 0 Å². The second kappa shape index (κ2) is 13.5. The Morgan fingerprint density at radius 3 is 2.67 bits per heavy atom. The molecule has 3 aliphatic heterocycles. The van der Waals surface area contributed by atoms with Crippen LogP contribution in [0.25, 0.3) is 11.3 Å². The van der Waals surface area contributed by atoms with Crippen LogP contribution >= 0.6 is 0 Å². The van der Waals surface area contributed by atoms with Crippen molar-refractivity contribution < 1.29 is 24.1 Å². The van der Waals surface area contributed by atoms with E-state index in [9.17, 15) is 9.90 Å². The van der Waals surface area contributed by atoms with Crippen LogP contribution in [0.2, 0.25) is 0 Å². The first-order valence-electron chi connectivity index (χ1n) is 16.5. The molecular weight excluding hydrogens is 566 g/mol. The minimum atomic E-state index is -0.902. The maximum atomic E-state index is 12.3. The van der Waals surface area contributed by atoms with Crippen LogP contribution in [0.1, 0.15) is 60.9 Å². The number of rotatable bonds is 10. The average molecular weight is 614 g/mol. The zero-order valence-electron chi connectivity index (χ0n) is 27.2. The van der Waals surface area contributed by atoms with Crippen LogP contribution in [0.3, 0.4) is 0 Å². The van der Waals surface area contributed by atoms with Gasteiger partial charge in [-0.3, -0.25) is 9.69 Å². The standard InChI is InChI=1S/C37H47N3O5/c1-5-43-24-33-37(4,36(41)42)15-17-40(33)34-11-7-10-32(38-34)30-9-6-8-25(2)35(30)45-23-27-20-26(3)31-22-39(16-12-28(31)21-27)29-13-18-44-19-14-29/h6-11,20-21,29,33H,5,12-19,22-24H2,1-4H3,(H,41,42)/t33-,37-/m1/s1. The summed E-state index contributed by atoms with van der Waals surface area (Å²) >= 11 is 0.